The molecule has 4 aliphatic rings. The van der Waals surface area contributed by atoms with Gasteiger partial charge in [-0.05, 0) is 37.1 Å². The average Bonchev–Trinajstić information content (AvgIpc) is 3.00. The Morgan fingerprint density at radius 3 is 2.75 bits per heavy atom. The number of hydrogen-bond acceptors (Lipinski definition) is 6. The van der Waals surface area contributed by atoms with Gasteiger partial charge in [0, 0.05) is 24.6 Å². The normalized spacial score (nSPS) is 32.0. The second-order valence-electron chi connectivity index (χ2n) is 8.10. The van der Waals surface area contributed by atoms with Crippen LogP contribution in [0.1, 0.15) is 24.8 Å². The zero-order valence-corrected chi connectivity index (χ0v) is 16.0. The van der Waals surface area contributed by atoms with Gasteiger partial charge in [0.2, 0.25) is 0 Å². The number of anilines is 1. The van der Waals surface area contributed by atoms with Crippen LogP contribution in [-0.4, -0.2) is 45.2 Å². The summed E-state index contributed by atoms with van der Waals surface area (Å²) in [6.45, 7) is 0.924. The van der Waals surface area contributed by atoms with E-state index in [0.717, 1.165) is 24.3 Å². The number of carbonyl (C=O) groups excluding carboxylic acids is 1. The molecule has 5 rings (SSSR count). The van der Waals surface area contributed by atoms with Gasteiger partial charge in [0.25, 0.3) is 5.91 Å². The topological polar surface area (TPSA) is 108 Å². The molecule has 0 spiro atoms. The summed E-state index contributed by atoms with van der Waals surface area (Å²) in [7, 11) is -4.21. The highest BCUT2D eigenvalue weighted by atomic mass is 32.2. The molecule has 0 bridgehead atoms. The van der Waals surface area contributed by atoms with Crippen LogP contribution in [0.25, 0.3) is 0 Å². The van der Waals surface area contributed by atoms with Crippen LogP contribution in [0.15, 0.2) is 6.07 Å². The molecule has 0 radical (unpaired) electrons. The SMILES string of the molecule is O=C1CN(c2c(O)cc3c(c2F)C[C@H](CNCC2C4CCCC42)O3)S(=O)(=O)N1. The summed E-state index contributed by atoms with van der Waals surface area (Å²) in [5.74, 6) is 0.474. The minimum Gasteiger partial charge on any atom is -0.505 e. The Labute approximate surface area is 162 Å². The number of nitrogens with one attached hydrogen (secondary N) is 2. The van der Waals surface area contributed by atoms with E-state index in [1.165, 1.54) is 25.3 Å². The molecule has 1 aromatic rings. The maximum absolute atomic E-state index is 15.0. The lowest BCUT2D eigenvalue weighted by molar-refractivity contribution is -0.117. The third-order valence-corrected chi connectivity index (χ3v) is 7.79. The Kier molecular flexibility index (Phi) is 3.99. The number of hydrogen-bond donors (Lipinski definition) is 3. The minimum absolute atomic E-state index is 0.213. The maximum atomic E-state index is 15.0. The summed E-state index contributed by atoms with van der Waals surface area (Å²) in [6.07, 6.45) is 3.98. The molecule has 28 heavy (non-hydrogen) atoms. The number of aromatic hydroxyl groups is 1. The molecule has 1 aromatic carbocycles. The number of rotatable bonds is 5. The smallest absolute Gasteiger partial charge is 0.326 e. The largest absolute Gasteiger partial charge is 0.505 e. The van der Waals surface area contributed by atoms with Crippen molar-refractivity contribution in [2.45, 2.75) is 31.8 Å². The highest BCUT2D eigenvalue weighted by molar-refractivity contribution is 7.92. The van der Waals surface area contributed by atoms with E-state index < -0.39 is 39.9 Å². The zero-order valence-electron chi connectivity index (χ0n) is 15.2. The molecule has 10 heteroatoms. The number of fused-ring (bicyclic) bond motifs is 2. The third-order valence-electron chi connectivity index (χ3n) is 6.41. The maximum Gasteiger partial charge on any atom is 0.326 e. The monoisotopic (exact) mass is 411 g/mol. The Hall–Kier alpha value is -2.07. The van der Waals surface area contributed by atoms with E-state index in [4.69, 9.17) is 4.74 Å². The van der Waals surface area contributed by atoms with Crippen molar-refractivity contribution in [3.63, 3.8) is 0 Å². The van der Waals surface area contributed by atoms with Gasteiger partial charge in [0.05, 0.1) is 0 Å². The molecule has 0 aromatic heterocycles. The molecule has 2 aliphatic heterocycles. The van der Waals surface area contributed by atoms with E-state index in [9.17, 15) is 18.3 Å². The molecule has 3 atom stereocenters. The second-order valence-corrected chi connectivity index (χ2v) is 9.69. The third kappa shape index (κ3) is 2.81. The van der Waals surface area contributed by atoms with Crippen molar-refractivity contribution in [3.05, 3.63) is 17.4 Å². The average molecular weight is 411 g/mol. The van der Waals surface area contributed by atoms with Crippen LogP contribution in [-0.2, 0) is 21.4 Å². The molecule has 2 unspecified atom stereocenters. The van der Waals surface area contributed by atoms with Crippen molar-refractivity contribution in [2.75, 3.05) is 23.9 Å². The summed E-state index contributed by atoms with van der Waals surface area (Å²) in [5, 5.41) is 13.6. The molecule has 8 nitrogen and oxygen atoms in total. The van der Waals surface area contributed by atoms with Crippen LogP contribution in [0.5, 0.6) is 11.5 Å². The van der Waals surface area contributed by atoms with Gasteiger partial charge in [-0.1, -0.05) is 6.42 Å². The molecular weight excluding hydrogens is 389 g/mol. The Morgan fingerprint density at radius 2 is 2.07 bits per heavy atom. The molecule has 152 valence electrons. The summed E-state index contributed by atoms with van der Waals surface area (Å²) < 4.78 is 47.1. The summed E-state index contributed by atoms with van der Waals surface area (Å²) >= 11 is 0. The van der Waals surface area contributed by atoms with E-state index in [1.54, 1.807) is 4.72 Å². The highest BCUT2D eigenvalue weighted by Crippen LogP contribution is 2.57. The standard InChI is InChI=1S/C18H22FN3O5S/c19-17-12-4-9(6-20-7-13-10-2-1-3-11(10)13)27-15(12)5-14(23)18(17)22-8-16(24)21-28(22,25)26/h5,9-11,13,20,23H,1-4,6-8H2,(H,21,24)/t9-,10?,11?,13?/m1/s1. The Bertz CT molecular complexity index is 943. The lowest BCUT2D eigenvalue weighted by Gasteiger charge is -2.18. The molecule has 1 saturated heterocycles. The predicted molar refractivity (Wildman–Crippen MR) is 97.8 cm³/mol. The fourth-order valence-corrected chi connectivity index (χ4v) is 6.23. The lowest BCUT2D eigenvalue weighted by Crippen LogP contribution is -2.32. The van der Waals surface area contributed by atoms with Crippen LogP contribution >= 0.6 is 0 Å². The molecule has 1 amide bonds. The summed E-state index contributed by atoms with van der Waals surface area (Å²) in [6, 6.07) is 1.22. The number of amides is 1. The van der Waals surface area contributed by atoms with Gasteiger partial charge in [-0.3, -0.25) is 4.79 Å². The predicted octanol–water partition coefficient (Wildman–Crippen LogP) is 0.651. The van der Waals surface area contributed by atoms with Crippen LogP contribution in [0.2, 0.25) is 0 Å². The minimum atomic E-state index is -4.21. The number of benzene rings is 1. The van der Waals surface area contributed by atoms with Crippen LogP contribution < -0.4 is 19.1 Å². The van der Waals surface area contributed by atoms with Crippen molar-refractivity contribution < 1.29 is 27.4 Å². The van der Waals surface area contributed by atoms with Gasteiger partial charge in [-0.2, -0.15) is 8.42 Å². The van der Waals surface area contributed by atoms with Crippen LogP contribution in [0, 0.1) is 23.6 Å². The highest BCUT2D eigenvalue weighted by Gasteiger charge is 2.51. The molecule has 2 aliphatic carbocycles. The van der Waals surface area contributed by atoms with E-state index >= 15 is 4.39 Å². The molecular formula is C18H22FN3O5S. The number of ether oxygens (including phenoxy) is 1. The molecule has 3 N–H and O–H groups in total. The fraction of sp³-hybridized carbons (Fsp3) is 0.611. The first kappa shape index (κ1) is 18.0. The van der Waals surface area contributed by atoms with Crippen molar-refractivity contribution in [2.24, 2.45) is 17.8 Å². The summed E-state index contributed by atoms with van der Waals surface area (Å²) in [4.78, 5) is 11.4. The van der Waals surface area contributed by atoms with E-state index in [0.29, 0.717) is 10.8 Å². The number of carbonyl (C=O) groups is 1. The molecule has 2 saturated carbocycles. The van der Waals surface area contributed by atoms with E-state index in [1.807, 2.05) is 0 Å². The van der Waals surface area contributed by atoms with Crippen molar-refractivity contribution >= 4 is 21.8 Å². The Morgan fingerprint density at radius 1 is 1.32 bits per heavy atom. The second kappa shape index (κ2) is 6.21. The number of phenols is 1. The number of nitrogens with zero attached hydrogens (tertiary/aromatic N) is 1. The first-order valence-corrected chi connectivity index (χ1v) is 11.0. The van der Waals surface area contributed by atoms with Gasteiger partial charge < -0.3 is 15.2 Å². The van der Waals surface area contributed by atoms with Gasteiger partial charge >= 0.3 is 10.2 Å². The molecule has 2 heterocycles. The van der Waals surface area contributed by atoms with Crippen molar-refractivity contribution in [1.82, 2.24) is 10.0 Å². The van der Waals surface area contributed by atoms with E-state index in [-0.39, 0.29) is 23.8 Å². The van der Waals surface area contributed by atoms with Gasteiger partial charge in [-0.15, -0.1) is 0 Å². The zero-order chi connectivity index (χ0) is 19.6. The molecule has 3 fully saturated rings. The first-order valence-electron chi connectivity index (χ1n) is 9.60. The van der Waals surface area contributed by atoms with E-state index in [2.05, 4.69) is 5.32 Å². The van der Waals surface area contributed by atoms with Gasteiger partial charge in [0.1, 0.15) is 29.8 Å². The number of phenolic OH excluding ortho intramolecular Hbond substituents is 1. The van der Waals surface area contributed by atoms with Crippen LogP contribution in [0.4, 0.5) is 10.1 Å². The van der Waals surface area contributed by atoms with Crippen molar-refractivity contribution in [1.29, 1.82) is 0 Å². The lowest BCUT2D eigenvalue weighted by atomic mass is 10.1. The van der Waals surface area contributed by atoms with Gasteiger partial charge in [0.15, 0.2) is 5.82 Å². The van der Waals surface area contributed by atoms with Crippen molar-refractivity contribution in [3.8, 4) is 11.5 Å². The van der Waals surface area contributed by atoms with Gasteiger partial charge in [-0.25, -0.2) is 13.4 Å². The first-order chi connectivity index (χ1) is 13.3. The quantitative estimate of drug-likeness (QED) is 0.657. The summed E-state index contributed by atoms with van der Waals surface area (Å²) in [5.41, 5.74) is -0.294. The van der Waals surface area contributed by atoms with Crippen LogP contribution in [0.3, 0.4) is 0 Å². The fourth-order valence-electron chi connectivity index (χ4n) is 5.07. The Balaban J connectivity index is 1.28. The number of halogens is 1.